The molecule has 20 heteroatoms. The highest BCUT2D eigenvalue weighted by atomic mass is 36.0. The van der Waals surface area contributed by atoms with Crippen LogP contribution in [0.5, 0.6) is 17.2 Å². The fourth-order valence-electron chi connectivity index (χ4n) is 6.15. The molecule has 0 heterocycles. The summed E-state index contributed by atoms with van der Waals surface area (Å²) >= 11 is 5.40. The number of nitrogen functional groups attached to an aromatic ring is 1. The first-order valence-corrected chi connectivity index (χ1v) is 23.0. The van der Waals surface area contributed by atoms with Gasteiger partial charge in [-0.3, -0.25) is 9.59 Å². The van der Waals surface area contributed by atoms with Gasteiger partial charge in [-0.2, -0.15) is 0 Å². The third-order valence-electron chi connectivity index (χ3n) is 9.53. The molecule has 0 aliphatic heterocycles. The maximum Gasteiger partial charge on any atom is 0.488 e. The van der Waals surface area contributed by atoms with E-state index in [1.165, 1.54) is 12.1 Å². The number of rotatable bonds is 9. The van der Waals surface area contributed by atoms with Gasteiger partial charge in [-0.15, -0.1) is 0 Å². The maximum absolute atomic E-state index is 12.4. The third-order valence-corrected chi connectivity index (χ3v) is 9.75. The Labute approximate surface area is 408 Å². The summed E-state index contributed by atoms with van der Waals surface area (Å²) in [6.07, 6.45) is 0. The number of nitrogens with two attached hydrogens (primary N) is 1. The van der Waals surface area contributed by atoms with Crippen molar-refractivity contribution in [1.82, 2.24) is 0 Å². The smallest absolute Gasteiger partial charge is 0.488 e. The molecule has 68 heavy (non-hydrogen) atoms. The number of carboxylic acids is 1. The molecule has 0 fully saturated rings. The summed E-state index contributed by atoms with van der Waals surface area (Å²) in [6, 6.07) is 45.5. The number of carbonyl (C=O) groups excluding carboxylic acids is 2. The Bertz CT molecular complexity index is 2940. The number of carboxylic acid groups (broad SMARTS) is 1. The van der Waals surface area contributed by atoms with Crippen LogP contribution in [0.15, 0.2) is 158 Å². The van der Waals surface area contributed by atoms with Crippen LogP contribution in [0.1, 0.15) is 31.1 Å². The molecule has 0 aliphatic rings. The van der Waals surface area contributed by atoms with E-state index in [0.717, 1.165) is 49.6 Å². The van der Waals surface area contributed by atoms with E-state index in [4.69, 9.17) is 50.9 Å². The number of hydrogen-bond acceptors (Lipinski definition) is 12. The normalized spacial score (nSPS) is 10.1. The Kier molecular flexibility index (Phi) is 21.1. The number of ether oxygens (including phenoxy) is 3. The van der Waals surface area contributed by atoms with Crippen molar-refractivity contribution in [2.45, 2.75) is 0 Å². The molecule has 0 bridgehead atoms. The molecule has 14 nitrogen and oxygen atoms in total. The lowest BCUT2D eigenvalue weighted by atomic mass is 9.80. The van der Waals surface area contributed by atoms with Crippen LogP contribution in [0.25, 0.3) is 32.3 Å². The fraction of sp³-hybridized carbons (Fsp3) is 0.0625. The molecule has 0 unspecified atom stereocenters. The molecule has 8 rings (SSSR count). The Morgan fingerprint density at radius 3 is 1.29 bits per heavy atom. The van der Waals surface area contributed by atoms with Crippen LogP contribution >= 0.6 is 33.0 Å². The van der Waals surface area contributed by atoms with Gasteiger partial charge in [0.05, 0.1) is 26.9 Å². The van der Waals surface area contributed by atoms with Crippen LogP contribution in [0, 0.1) is 0 Å². The first-order valence-electron chi connectivity index (χ1n) is 19.8. The first kappa shape index (κ1) is 53.9. The minimum absolute atomic E-state index is 0.266. The van der Waals surface area contributed by atoms with Crippen molar-refractivity contribution in [2.24, 2.45) is 0 Å². The Morgan fingerprint density at radius 2 is 0.897 bits per heavy atom. The Morgan fingerprint density at radius 1 is 0.529 bits per heavy atom. The topological polar surface area (TPSA) is 235 Å². The van der Waals surface area contributed by atoms with Crippen LogP contribution in [0.3, 0.4) is 0 Å². The maximum atomic E-state index is 12.4. The zero-order valence-corrected chi connectivity index (χ0v) is 39.5. The van der Waals surface area contributed by atoms with Crippen LogP contribution in [0.4, 0.5) is 11.4 Å². The number of amides is 1. The van der Waals surface area contributed by atoms with E-state index >= 15 is 0 Å². The largest absolute Gasteiger partial charge is 0.497 e. The SMILES string of the molecule is COc1ccc2cc(C(=O)Cl)ccc2c1.COc1ccc2cc(C(=O)Nc3cccc(B(O)O)c3)ccc2c1.COc1ccc2cc(C(=O)O)ccc2c1.Nc1cccc(B(O)O)c1.O=S(Cl)Cl. The molecule has 0 atom stereocenters. The van der Waals surface area contributed by atoms with Gasteiger partial charge in [0.1, 0.15) is 17.2 Å². The number of anilines is 2. The van der Waals surface area contributed by atoms with E-state index in [2.05, 4.69) is 26.7 Å². The summed E-state index contributed by atoms with van der Waals surface area (Å²) in [7, 11) is 9.20. The average molecular weight is 1000 g/mol. The zero-order chi connectivity index (χ0) is 49.9. The monoisotopic (exact) mass is 998 g/mol. The van der Waals surface area contributed by atoms with Crippen molar-refractivity contribution in [3.63, 3.8) is 0 Å². The highest BCUT2D eigenvalue weighted by molar-refractivity contribution is 8.26. The second-order valence-corrected chi connectivity index (χ2v) is 16.9. The van der Waals surface area contributed by atoms with E-state index in [1.54, 1.807) is 100 Å². The van der Waals surface area contributed by atoms with Gasteiger partial charge in [0.25, 0.3) is 11.1 Å². The predicted octanol–water partition coefficient (Wildman–Crippen LogP) is 7.55. The quantitative estimate of drug-likeness (QED) is 0.0421. The van der Waals surface area contributed by atoms with E-state index in [9.17, 15) is 24.4 Å². The number of benzene rings is 8. The molecule has 0 saturated carbocycles. The van der Waals surface area contributed by atoms with Crippen molar-refractivity contribution in [3.05, 3.63) is 174 Å². The van der Waals surface area contributed by atoms with Crippen LogP contribution < -0.4 is 36.2 Å². The van der Waals surface area contributed by atoms with Crippen molar-refractivity contribution in [2.75, 3.05) is 32.4 Å². The van der Waals surface area contributed by atoms with E-state index in [1.807, 2.05) is 66.7 Å². The van der Waals surface area contributed by atoms with E-state index in [0.29, 0.717) is 39.0 Å². The third kappa shape index (κ3) is 16.9. The summed E-state index contributed by atoms with van der Waals surface area (Å²) in [5.41, 5.74) is 8.47. The lowest BCUT2D eigenvalue weighted by molar-refractivity contribution is 0.0696. The van der Waals surface area contributed by atoms with Crippen LogP contribution in [-0.2, 0) is 9.23 Å². The predicted molar refractivity (Wildman–Crippen MR) is 273 cm³/mol. The lowest BCUT2D eigenvalue weighted by Gasteiger charge is -2.08. The second kappa shape index (κ2) is 26.6. The molecule has 0 spiro atoms. The number of carbonyl (C=O) groups is 3. The molecular weight excluding hydrogens is 957 g/mol. The molecule has 8 N–H and O–H groups in total. The molecule has 1 amide bonds. The molecule has 0 aliphatic carbocycles. The number of aromatic carboxylic acids is 1. The summed E-state index contributed by atoms with van der Waals surface area (Å²) < 4.78 is 24.5. The van der Waals surface area contributed by atoms with Gasteiger partial charge < -0.3 is 50.5 Å². The van der Waals surface area contributed by atoms with Crippen molar-refractivity contribution >= 4 is 128 Å². The van der Waals surface area contributed by atoms with Gasteiger partial charge in [-0.05, 0) is 152 Å². The molecule has 0 aromatic heterocycles. The minimum Gasteiger partial charge on any atom is -0.497 e. The molecule has 0 saturated heterocycles. The summed E-state index contributed by atoms with van der Waals surface area (Å²) in [5.74, 6) is 1.15. The highest BCUT2D eigenvalue weighted by Gasteiger charge is 2.13. The van der Waals surface area contributed by atoms with Gasteiger partial charge in [-0.1, -0.05) is 60.7 Å². The first-order chi connectivity index (χ1) is 32.4. The van der Waals surface area contributed by atoms with Crippen molar-refractivity contribution in [1.29, 1.82) is 0 Å². The van der Waals surface area contributed by atoms with Crippen molar-refractivity contribution < 1.29 is 58.0 Å². The van der Waals surface area contributed by atoms with Crippen molar-refractivity contribution in [3.8, 4) is 17.2 Å². The number of hydrogen-bond donors (Lipinski definition) is 7. The number of nitrogens with one attached hydrogen (secondary N) is 1. The average Bonchev–Trinajstić information content (AvgIpc) is 3.33. The van der Waals surface area contributed by atoms with Crippen LogP contribution in [0.2, 0.25) is 0 Å². The Balaban J connectivity index is 0.000000201. The number of methoxy groups -OCH3 is 3. The van der Waals surface area contributed by atoms with Gasteiger partial charge in [-0.25, -0.2) is 9.00 Å². The molecule has 8 aromatic carbocycles. The minimum atomic E-state index is -1.67. The second-order valence-electron chi connectivity index (χ2n) is 14.0. The molecule has 8 aromatic rings. The number of halogens is 3. The summed E-state index contributed by atoms with van der Waals surface area (Å²) in [5, 5.41) is 52.6. The standard InChI is InChI=1S/C18H16BNO4.C12H9ClO2.C12H10O3.C6H8BNO2.Cl2OS/c1-24-17-8-7-12-9-14(6-5-13(12)10-17)18(21)20-16-4-2-3-15(11-16)19(22)23;2*1-15-11-5-4-8-6-10(12(13)14)3-2-9(8)7-11;8-6-3-1-2-5(4-6)7(9)10;1-4(2)3/h2-11,22-23H,1H3,(H,20,21);2-7H,1H3;2-7H,1H3,(H,13,14);1-4,9-10H,8H2;. The van der Waals surface area contributed by atoms with Gasteiger partial charge >= 0.3 is 20.2 Å². The lowest BCUT2D eigenvalue weighted by Crippen LogP contribution is -2.30. The molecular formula is C48H43B2Cl3N2O12S. The fourth-order valence-corrected chi connectivity index (χ4v) is 6.27. The molecule has 0 radical (unpaired) electrons. The van der Waals surface area contributed by atoms with E-state index in [-0.39, 0.29) is 5.91 Å². The Hall–Kier alpha value is -6.66. The van der Waals surface area contributed by atoms with Gasteiger partial charge in [0, 0.05) is 43.9 Å². The molecule has 350 valence electrons. The van der Waals surface area contributed by atoms with E-state index < -0.39 is 34.7 Å². The number of fused-ring (bicyclic) bond motifs is 3. The highest BCUT2D eigenvalue weighted by Crippen LogP contribution is 2.25. The zero-order valence-electron chi connectivity index (χ0n) is 36.4. The van der Waals surface area contributed by atoms with Crippen LogP contribution in [-0.4, -0.2) is 82.1 Å². The van der Waals surface area contributed by atoms with Gasteiger partial charge in [0.2, 0.25) is 9.23 Å². The summed E-state index contributed by atoms with van der Waals surface area (Å²) in [4.78, 5) is 34.1. The summed E-state index contributed by atoms with van der Waals surface area (Å²) in [6.45, 7) is 0. The van der Waals surface area contributed by atoms with Gasteiger partial charge in [0.15, 0.2) is 0 Å².